The molecule has 0 aliphatic heterocycles. The highest BCUT2D eigenvalue weighted by Crippen LogP contribution is 2.38. The lowest BCUT2D eigenvalue weighted by Gasteiger charge is -2.22. The second-order valence-electron chi connectivity index (χ2n) is 9.53. The van der Waals surface area contributed by atoms with Gasteiger partial charge in [-0.3, -0.25) is 24.6 Å². The van der Waals surface area contributed by atoms with E-state index < -0.39 is 4.92 Å². The Morgan fingerprint density at radius 3 is 2.51 bits per heavy atom. The van der Waals surface area contributed by atoms with E-state index in [4.69, 9.17) is 14.5 Å². The SMILES string of the molecule is COc1ccc(Nc2c3c(nc4ccc(NC(=O)Cn5nc(C)c([N+](=O)[O-])c5C)cc24)CCCC3)cc1OC. The van der Waals surface area contributed by atoms with Crippen molar-refractivity contribution in [2.45, 2.75) is 46.1 Å². The minimum absolute atomic E-state index is 0.0739. The quantitative estimate of drug-likeness (QED) is 0.234. The summed E-state index contributed by atoms with van der Waals surface area (Å²) in [5.41, 5.74) is 6.00. The van der Waals surface area contributed by atoms with Crippen LogP contribution in [-0.2, 0) is 24.2 Å². The normalized spacial score (nSPS) is 12.6. The molecule has 4 aromatic rings. The maximum Gasteiger partial charge on any atom is 0.312 e. The number of carbonyl (C=O) groups is 1. The molecule has 0 saturated heterocycles. The predicted molar refractivity (Wildman–Crippen MR) is 148 cm³/mol. The van der Waals surface area contributed by atoms with E-state index in [2.05, 4.69) is 15.7 Å². The number of aromatic nitrogens is 3. The molecular formula is C28H30N6O5. The lowest BCUT2D eigenvalue weighted by atomic mass is 9.92. The number of nitro groups is 1. The maximum absolute atomic E-state index is 12.9. The fourth-order valence-corrected chi connectivity index (χ4v) is 5.14. The van der Waals surface area contributed by atoms with Crippen molar-refractivity contribution in [3.8, 4) is 11.5 Å². The van der Waals surface area contributed by atoms with Crippen molar-refractivity contribution < 1.29 is 19.2 Å². The molecule has 0 atom stereocenters. The number of fused-ring (bicyclic) bond motifs is 2. The maximum atomic E-state index is 12.9. The molecule has 0 bridgehead atoms. The standard InChI is InChI=1S/C28H30N6O5/c1-16-28(34(36)37)17(2)33(32-16)15-26(35)29-18-9-11-23-21(13-18)27(20-7-5-6-8-22(20)31-23)30-19-10-12-24(38-3)25(14-19)39-4/h9-14H,5-8,15H2,1-4H3,(H,29,35)(H,30,31). The third-order valence-corrected chi connectivity index (χ3v) is 7.02. The van der Waals surface area contributed by atoms with Crippen LogP contribution in [0.1, 0.15) is 35.5 Å². The van der Waals surface area contributed by atoms with Crippen LogP contribution in [0.2, 0.25) is 0 Å². The van der Waals surface area contributed by atoms with Crippen LogP contribution < -0.4 is 20.1 Å². The molecule has 0 unspecified atom stereocenters. The van der Waals surface area contributed by atoms with Crippen molar-refractivity contribution in [2.75, 3.05) is 24.9 Å². The average molecular weight is 531 g/mol. The van der Waals surface area contributed by atoms with Crippen molar-refractivity contribution in [3.63, 3.8) is 0 Å². The average Bonchev–Trinajstić information content (AvgIpc) is 3.20. The summed E-state index contributed by atoms with van der Waals surface area (Å²) < 4.78 is 12.2. The van der Waals surface area contributed by atoms with Crippen LogP contribution in [0.4, 0.5) is 22.7 Å². The van der Waals surface area contributed by atoms with Gasteiger partial charge < -0.3 is 20.1 Å². The Bertz CT molecular complexity index is 1600. The molecule has 2 aromatic heterocycles. The number of nitrogens with zero attached hydrogens (tertiary/aromatic N) is 4. The fourth-order valence-electron chi connectivity index (χ4n) is 5.14. The Labute approximate surface area is 225 Å². The van der Waals surface area contributed by atoms with Crippen molar-refractivity contribution in [1.82, 2.24) is 14.8 Å². The number of amides is 1. The van der Waals surface area contributed by atoms with Crippen molar-refractivity contribution in [2.24, 2.45) is 0 Å². The summed E-state index contributed by atoms with van der Waals surface area (Å²) in [5, 5.41) is 22.9. The lowest BCUT2D eigenvalue weighted by Crippen LogP contribution is -2.20. The molecule has 5 rings (SSSR count). The van der Waals surface area contributed by atoms with Crippen molar-refractivity contribution in [3.05, 3.63) is 69.2 Å². The summed E-state index contributed by atoms with van der Waals surface area (Å²) in [6.07, 6.45) is 3.99. The first-order valence-corrected chi connectivity index (χ1v) is 12.7. The molecule has 0 fully saturated rings. The number of nitrogens with one attached hydrogen (secondary N) is 2. The van der Waals surface area contributed by atoms with Crippen LogP contribution in [0.3, 0.4) is 0 Å². The van der Waals surface area contributed by atoms with Crippen LogP contribution in [0, 0.1) is 24.0 Å². The zero-order valence-corrected chi connectivity index (χ0v) is 22.3. The molecule has 11 nitrogen and oxygen atoms in total. The van der Waals surface area contributed by atoms with Gasteiger partial charge in [0.05, 0.1) is 30.3 Å². The monoisotopic (exact) mass is 530 g/mol. The van der Waals surface area contributed by atoms with Crippen LogP contribution >= 0.6 is 0 Å². The lowest BCUT2D eigenvalue weighted by molar-refractivity contribution is -0.386. The number of rotatable bonds is 8. The molecule has 11 heteroatoms. The summed E-state index contributed by atoms with van der Waals surface area (Å²) in [4.78, 5) is 28.7. The van der Waals surface area contributed by atoms with E-state index >= 15 is 0 Å². The molecule has 0 saturated carbocycles. The summed E-state index contributed by atoms with van der Waals surface area (Å²) in [6, 6.07) is 11.3. The van der Waals surface area contributed by atoms with E-state index in [1.54, 1.807) is 28.1 Å². The molecular weight excluding hydrogens is 500 g/mol. The first-order chi connectivity index (χ1) is 18.8. The minimum atomic E-state index is -0.476. The highest BCUT2D eigenvalue weighted by molar-refractivity contribution is 6.00. The number of pyridine rings is 1. The zero-order valence-electron chi connectivity index (χ0n) is 22.3. The number of hydrogen-bond acceptors (Lipinski definition) is 8. The van der Waals surface area contributed by atoms with Gasteiger partial charge in [0, 0.05) is 28.5 Å². The second-order valence-corrected chi connectivity index (χ2v) is 9.53. The molecule has 0 radical (unpaired) electrons. The van der Waals surface area contributed by atoms with Crippen molar-refractivity contribution in [1.29, 1.82) is 0 Å². The first-order valence-electron chi connectivity index (χ1n) is 12.7. The van der Waals surface area contributed by atoms with Gasteiger partial charge in [0.2, 0.25) is 5.91 Å². The topological polar surface area (TPSA) is 133 Å². The fraction of sp³-hybridized carbons (Fsp3) is 0.321. The third kappa shape index (κ3) is 5.07. The summed E-state index contributed by atoms with van der Waals surface area (Å²) in [5.74, 6) is 0.921. The van der Waals surface area contributed by atoms with Gasteiger partial charge >= 0.3 is 5.69 Å². The van der Waals surface area contributed by atoms with Crippen LogP contribution in [0.25, 0.3) is 10.9 Å². The number of aryl methyl sites for hydroxylation is 2. The van der Waals surface area contributed by atoms with Crippen LogP contribution in [0.5, 0.6) is 11.5 Å². The van der Waals surface area contributed by atoms with Gasteiger partial charge in [0.15, 0.2) is 11.5 Å². The van der Waals surface area contributed by atoms with Gasteiger partial charge in [-0.05, 0) is 75.4 Å². The van der Waals surface area contributed by atoms with E-state index in [1.807, 2.05) is 36.4 Å². The largest absolute Gasteiger partial charge is 0.493 e. The second kappa shape index (κ2) is 10.6. The molecule has 202 valence electrons. The smallest absolute Gasteiger partial charge is 0.312 e. The Morgan fingerprint density at radius 2 is 1.79 bits per heavy atom. The number of hydrogen-bond donors (Lipinski definition) is 2. The number of benzene rings is 2. The molecule has 39 heavy (non-hydrogen) atoms. The third-order valence-electron chi connectivity index (χ3n) is 7.02. The summed E-state index contributed by atoms with van der Waals surface area (Å²) >= 11 is 0. The summed E-state index contributed by atoms with van der Waals surface area (Å²) in [6.45, 7) is 3.00. The molecule has 1 aliphatic rings. The van der Waals surface area contributed by atoms with Gasteiger partial charge in [-0.1, -0.05) is 0 Å². The number of anilines is 3. The minimum Gasteiger partial charge on any atom is -0.493 e. The zero-order chi connectivity index (χ0) is 27.7. The van der Waals surface area contributed by atoms with Gasteiger partial charge in [-0.15, -0.1) is 0 Å². The van der Waals surface area contributed by atoms with Crippen molar-refractivity contribution >= 4 is 39.6 Å². The molecule has 1 aliphatic carbocycles. The number of methoxy groups -OCH3 is 2. The van der Waals surface area contributed by atoms with E-state index in [-0.39, 0.29) is 23.8 Å². The van der Waals surface area contributed by atoms with Gasteiger partial charge in [0.1, 0.15) is 17.9 Å². The number of carbonyl (C=O) groups excluding carboxylic acids is 1. The van der Waals surface area contributed by atoms with Crippen LogP contribution in [0.15, 0.2) is 36.4 Å². The highest BCUT2D eigenvalue weighted by Gasteiger charge is 2.23. The van der Waals surface area contributed by atoms with Gasteiger partial charge in [-0.25, -0.2) is 0 Å². The first kappa shape index (κ1) is 26.0. The van der Waals surface area contributed by atoms with Gasteiger partial charge in [-0.2, -0.15) is 5.10 Å². The van der Waals surface area contributed by atoms with Gasteiger partial charge in [0.25, 0.3) is 0 Å². The predicted octanol–water partition coefficient (Wildman–Crippen LogP) is 5.23. The van der Waals surface area contributed by atoms with E-state index in [0.29, 0.717) is 22.9 Å². The van der Waals surface area contributed by atoms with E-state index in [0.717, 1.165) is 53.7 Å². The molecule has 2 aromatic carbocycles. The Kier molecular flexibility index (Phi) is 7.05. The Balaban J connectivity index is 1.48. The Morgan fingerprint density at radius 1 is 1.05 bits per heavy atom. The van der Waals surface area contributed by atoms with Crippen LogP contribution in [-0.4, -0.2) is 39.8 Å². The molecule has 2 heterocycles. The van der Waals surface area contributed by atoms with E-state index in [9.17, 15) is 14.9 Å². The Hall–Kier alpha value is -4.67. The molecule has 0 spiro atoms. The molecule has 1 amide bonds. The van der Waals surface area contributed by atoms with E-state index in [1.165, 1.54) is 10.2 Å². The highest BCUT2D eigenvalue weighted by atomic mass is 16.6. The number of ether oxygens (including phenoxy) is 2. The summed E-state index contributed by atoms with van der Waals surface area (Å²) in [7, 11) is 3.20. The molecule has 2 N–H and O–H groups in total.